The fourth-order valence-electron chi connectivity index (χ4n) is 3.12. The smallest absolute Gasteiger partial charge is 0.215 e. The van der Waals surface area contributed by atoms with Gasteiger partial charge in [0, 0.05) is 11.1 Å². The van der Waals surface area contributed by atoms with Crippen LogP contribution in [-0.2, 0) is 6.54 Å². The highest BCUT2D eigenvalue weighted by atomic mass is 16.1. The predicted octanol–water partition coefficient (Wildman–Crippen LogP) is 4.10. The van der Waals surface area contributed by atoms with E-state index in [1.54, 1.807) is 48.5 Å². The van der Waals surface area contributed by atoms with Gasteiger partial charge in [0.15, 0.2) is 5.69 Å². The van der Waals surface area contributed by atoms with E-state index in [0.29, 0.717) is 17.7 Å². The SMILES string of the molecule is Cc1ccc(Cn2nnc(C(=O)c3ccccc3)c2C(=O)c2ccccc2)cc1. The topological polar surface area (TPSA) is 64.8 Å². The van der Waals surface area contributed by atoms with Crippen LogP contribution in [0.25, 0.3) is 0 Å². The van der Waals surface area contributed by atoms with E-state index in [-0.39, 0.29) is 23.0 Å². The van der Waals surface area contributed by atoms with E-state index in [2.05, 4.69) is 10.3 Å². The molecule has 0 amide bonds. The minimum Gasteiger partial charge on any atom is -0.287 e. The van der Waals surface area contributed by atoms with Crippen molar-refractivity contribution in [1.29, 1.82) is 0 Å². The Kier molecular flexibility index (Phi) is 5.12. The minimum atomic E-state index is -0.319. The maximum Gasteiger partial charge on any atom is 0.215 e. The molecule has 3 aromatic carbocycles. The van der Waals surface area contributed by atoms with E-state index in [0.717, 1.165) is 11.1 Å². The van der Waals surface area contributed by atoms with Gasteiger partial charge in [-0.1, -0.05) is 95.7 Å². The standard InChI is InChI=1S/C24H19N3O2/c1-17-12-14-18(15-13-17)16-27-22(24(29)20-10-6-3-7-11-20)21(25-26-27)23(28)19-8-4-2-5-9-19/h2-15H,16H2,1H3. The summed E-state index contributed by atoms with van der Waals surface area (Å²) in [6.45, 7) is 2.36. The Balaban J connectivity index is 1.79. The zero-order valence-electron chi connectivity index (χ0n) is 15.9. The molecule has 0 unspecified atom stereocenters. The number of hydrogen-bond acceptors (Lipinski definition) is 4. The summed E-state index contributed by atoms with van der Waals surface area (Å²) < 4.78 is 1.51. The highest BCUT2D eigenvalue weighted by Crippen LogP contribution is 2.18. The maximum atomic E-state index is 13.3. The van der Waals surface area contributed by atoms with Gasteiger partial charge in [-0.2, -0.15) is 0 Å². The van der Waals surface area contributed by atoms with E-state index in [1.807, 2.05) is 43.3 Å². The highest BCUT2D eigenvalue weighted by Gasteiger charge is 2.27. The fourth-order valence-corrected chi connectivity index (χ4v) is 3.12. The van der Waals surface area contributed by atoms with Gasteiger partial charge < -0.3 is 0 Å². The third-order valence-electron chi connectivity index (χ3n) is 4.69. The molecule has 0 N–H and O–H groups in total. The molecule has 0 saturated carbocycles. The van der Waals surface area contributed by atoms with Crippen molar-refractivity contribution in [3.05, 3.63) is 119 Å². The lowest BCUT2D eigenvalue weighted by molar-refractivity contribution is 0.0995. The molecular formula is C24H19N3O2. The van der Waals surface area contributed by atoms with Crippen LogP contribution in [0.2, 0.25) is 0 Å². The van der Waals surface area contributed by atoms with Gasteiger partial charge in [-0.15, -0.1) is 5.10 Å². The highest BCUT2D eigenvalue weighted by molar-refractivity contribution is 6.17. The van der Waals surface area contributed by atoms with Gasteiger partial charge in [-0.05, 0) is 12.5 Å². The van der Waals surface area contributed by atoms with Crippen molar-refractivity contribution in [3.8, 4) is 0 Å². The van der Waals surface area contributed by atoms with Gasteiger partial charge in [-0.3, -0.25) is 9.59 Å². The summed E-state index contributed by atoms with van der Waals surface area (Å²) in [5.41, 5.74) is 3.34. The first-order valence-electron chi connectivity index (χ1n) is 9.32. The Morgan fingerprint density at radius 2 is 1.31 bits per heavy atom. The second-order valence-electron chi connectivity index (χ2n) is 6.82. The zero-order chi connectivity index (χ0) is 20.2. The van der Waals surface area contributed by atoms with E-state index in [9.17, 15) is 9.59 Å². The molecule has 0 saturated heterocycles. The predicted molar refractivity (Wildman–Crippen MR) is 110 cm³/mol. The average molecular weight is 381 g/mol. The third kappa shape index (κ3) is 3.89. The number of benzene rings is 3. The molecule has 5 heteroatoms. The Morgan fingerprint density at radius 3 is 1.90 bits per heavy atom. The Hall–Kier alpha value is -3.86. The lowest BCUT2D eigenvalue weighted by Gasteiger charge is -2.08. The fraction of sp³-hybridized carbons (Fsp3) is 0.0833. The van der Waals surface area contributed by atoms with Crippen LogP contribution < -0.4 is 0 Å². The maximum absolute atomic E-state index is 13.3. The van der Waals surface area contributed by atoms with Gasteiger partial charge >= 0.3 is 0 Å². The molecule has 29 heavy (non-hydrogen) atoms. The van der Waals surface area contributed by atoms with E-state index < -0.39 is 0 Å². The number of ketones is 2. The zero-order valence-corrected chi connectivity index (χ0v) is 15.9. The second-order valence-corrected chi connectivity index (χ2v) is 6.82. The summed E-state index contributed by atoms with van der Waals surface area (Å²) in [6.07, 6.45) is 0. The lowest BCUT2D eigenvalue weighted by Crippen LogP contribution is -2.16. The molecule has 142 valence electrons. The molecule has 5 nitrogen and oxygen atoms in total. The van der Waals surface area contributed by atoms with Crippen LogP contribution in [0.15, 0.2) is 84.9 Å². The molecular weight excluding hydrogens is 362 g/mol. The minimum absolute atomic E-state index is 0.0668. The molecule has 0 bridgehead atoms. The molecule has 1 heterocycles. The molecule has 4 aromatic rings. The Morgan fingerprint density at radius 1 is 0.759 bits per heavy atom. The summed E-state index contributed by atoms with van der Waals surface area (Å²) in [4.78, 5) is 26.3. The number of rotatable bonds is 6. The molecule has 0 fully saturated rings. The molecule has 0 aliphatic rings. The first-order chi connectivity index (χ1) is 14.1. The molecule has 1 aromatic heterocycles. The monoisotopic (exact) mass is 381 g/mol. The van der Waals surface area contributed by atoms with E-state index >= 15 is 0 Å². The molecule has 0 atom stereocenters. The van der Waals surface area contributed by atoms with Crippen molar-refractivity contribution >= 4 is 11.6 Å². The van der Waals surface area contributed by atoms with Crippen LogP contribution >= 0.6 is 0 Å². The first kappa shape index (κ1) is 18.5. The van der Waals surface area contributed by atoms with E-state index in [4.69, 9.17) is 0 Å². The van der Waals surface area contributed by atoms with Crippen molar-refractivity contribution in [2.24, 2.45) is 0 Å². The first-order valence-corrected chi connectivity index (χ1v) is 9.32. The van der Waals surface area contributed by atoms with Crippen LogP contribution in [0.4, 0.5) is 0 Å². The average Bonchev–Trinajstić information content (AvgIpc) is 3.19. The van der Waals surface area contributed by atoms with Gasteiger partial charge in [0.2, 0.25) is 11.6 Å². The quantitative estimate of drug-likeness (QED) is 0.472. The van der Waals surface area contributed by atoms with Crippen molar-refractivity contribution in [2.75, 3.05) is 0 Å². The molecule has 0 spiro atoms. The number of hydrogen-bond donors (Lipinski definition) is 0. The van der Waals surface area contributed by atoms with Crippen molar-refractivity contribution in [1.82, 2.24) is 15.0 Å². The van der Waals surface area contributed by atoms with Crippen molar-refractivity contribution < 1.29 is 9.59 Å². The third-order valence-corrected chi connectivity index (χ3v) is 4.69. The second kappa shape index (κ2) is 8.02. The van der Waals surface area contributed by atoms with Crippen LogP contribution in [-0.4, -0.2) is 26.6 Å². The summed E-state index contributed by atoms with van der Waals surface area (Å²) in [5.74, 6) is -0.595. The Bertz CT molecular complexity index is 1150. The van der Waals surface area contributed by atoms with Gasteiger partial charge in [0.25, 0.3) is 0 Å². The largest absolute Gasteiger partial charge is 0.287 e. The van der Waals surface area contributed by atoms with Gasteiger partial charge in [-0.25, -0.2) is 4.68 Å². The molecule has 0 aliphatic heterocycles. The van der Waals surface area contributed by atoms with Gasteiger partial charge in [0.1, 0.15) is 5.69 Å². The van der Waals surface area contributed by atoms with Crippen LogP contribution in [0.3, 0.4) is 0 Å². The summed E-state index contributed by atoms with van der Waals surface area (Å²) in [6, 6.07) is 25.6. The number of aryl methyl sites for hydroxylation is 1. The normalized spacial score (nSPS) is 10.7. The van der Waals surface area contributed by atoms with Crippen LogP contribution in [0, 0.1) is 6.92 Å². The van der Waals surface area contributed by atoms with Crippen LogP contribution in [0.1, 0.15) is 43.2 Å². The van der Waals surface area contributed by atoms with E-state index in [1.165, 1.54) is 4.68 Å². The number of aromatic nitrogens is 3. The van der Waals surface area contributed by atoms with Crippen LogP contribution in [0.5, 0.6) is 0 Å². The molecule has 4 rings (SSSR count). The molecule has 0 radical (unpaired) electrons. The Labute approximate surface area is 168 Å². The summed E-state index contributed by atoms with van der Waals surface area (Å²) in [7, 11) is 0. The number of carbonyl (C=O) groups is 2. The summed E-state index contributed by atoms with van der Waals surface area (Å²) >= 11 is 0. The van der Waals surface area contributed by atoms with Crippen molar-refractivity contribution in [3.63, 3.8) is 0 Å². The summed E-state index contributed by atoms with van der Waals surface area (Å²) in [5, 5.41) is 8.25. The number of carbonyl (C=O) groups excluding carboxylic acids is 2. The van der Waals surface area contributed by atoms with Crippen molar-refractivity contribution in [2.45, 2.75) is 13.5 Å². The lowest BCUT2D eigenvalue weighted by atomic mass is 10.0. The van der Waals surface area contributed by atoms with Gasteiger partial charge in [0.05, 0.1) is 6.54 Å². The molecule has 0 aliphatic carbocycles. The number of nitrogens with zero attached hydrogens (tertiary/aromatic N) is 3.